The van der Waals surface area contributed by atoms with Crippen molar-refractivity contribution < 1.29 is 9.26 Å². The van der Waals surface area contributed by atoms with Gasteiger partial charge in [0.15, 0.2) is 0 Å². The molecule has 5 heteroatoms. The average molecular weight is 219 g/mol. The summed E-state index contributed by atoms with van der Waals surface area (Å²) in [5.41, 5.74) is 0.849. The van der Waals surface area contributed by atoms with Gasteiger partial charge in [-0.1, -0.05) is 11.2 Å². The fourth-order valence-corrected chi connectivity index (χ4v) is 1.31. The minimum atomic E-state index is 0.581. The summed E-state index contributed by atoms with van der Waals surface area (Å²) in [4.78, 5) is 4.22. The smallest absolute Gasteiger partial charge is 0.214 e. The topological polar surface area (TPSA) is 60.2 Å². The highest BCUT2D eigenvalue weighted by Gasteiger charge is 2.01. The SMILES string of the molecule is COc1cccc(NCc2cc(C)on2)n1. The van der Waals surface area contributed by atoms with Gasteiger partial charge >= 0.3 is 0 Å². The van der Waals surface area contributed by atoms with Gasteiger partial charge < -0.3 is 14.6 Å². The number of nitrogens with one attached hydrogen (secondary N) is 1. The van der Waals surface area contributed by atoms with Gasteiger partial charge in [0.2, 0.25) is 5.88 Å². The zero-order chi connectivity index (χ0) is 11.4. The Morgan fingerprint density at radius 3 is 3.00 bits per heavy atom. The van der Waals surface area contributed by atoms with Crippen LogP contribution in [0.1, 0.15) is 11.5 Å². The van der Waals surface area contributed by atoms with E-state index in [1.807, 2.05) is 25.1 Å². The molecule has 0 unspecified atom stereocenters. The van der Waals surface area contributed by atoms with E-state index in [9.17, 15) is 0 Å². The first-order valence-corrected chi connectivity index (χ1v) is 4.95. The average Bonchev–Trinajstić information content (AvgIpc) is 2.73. The van der Waals surface area contributed by atoms with Crippen LogP contribution in [0.4, 0.5) is 5.82 Å². The first kappa shape index (κ1) is 10.5. The highest BCUT2D eigenvalue weighted by molar-refractivity contribution is 5.37. The molecule has 0 spiro atoms. The van der Waals surface area contributed by atoms with E-state index in [1.54, 1.807) is 13.2 Å². The summed E-state index contributed by atoms with van der Waals surface area (Å²) in [7, 11) is 1.59. The van der Waals surface area contributed by atoms with E-state index in [-0.39, 0.29) is 0 Å². The van der Waals surface area contributed by atoms with Gasteiger partial charge in [0.05, 0.1) is 13.7 Å². The second-order valence-electron chi connectivity index (χ2n) is 3.35. The summed E-state index contributed by atoms with van der Waals surface area (Å²) in [6.45, 7) is 2.44. The Morgan fingerprint density at radius 1 is 1.44 bits per heavy atom. The summed E-state index contributed by atoms with van der Waals surface area (Å²) in [5, 5.41) is 7.01. The van der Waals surface area contributed by atoms with Crippen LogP contribution in [0.15, 0.2) is 28.8 Å². The number of pyridine rings is 1. The number of hydrogen-bond donors (Lipinski definition) is 1. The number of anilines is 1. The number of methoxy groups -OCH3 is 1. The summed E-state index contributed by atoms with van der Waals surface area (Å²) >= 11 is 0. The van der Waals surface area contributed by atoms with Crippen LogP contribution in [-0.4, -0.2) is 17.3 Å². The third-order valence-corrected chi connectivity index (χ3v) is 2.06. The maximum atomic E-state index is 5.03. The van der Waals surface area contributed by atoms with E-state index in [0.717, 1.165) is 17.3 Å². The Balaban J connectivity index is 1.99. The predicted octanol–water partition coefficient (Wildman–Crippen LogP) is 2.00. The van der Waals surface area contributed by atoms with E-state index < -0.39 is 0 Å². The molecule has 0 aliphatic rings. The molecule has 0 fully saturated rings. The molecule has 0 bridgehead atoms. The van der Waals surface area contributed by atoms with Crippen LogP contribution in [-0.2, 0) is 6.54 Å². The van der Waals surface area contributed by atoms with Gasteiger partial charge in [0.1, 0.15) is 17.3 Å². The minimum absolute atomic E-state index is 0.581. The maximum Gasteiger partial charge on any atom is 0.214 e. The molecule has 0 atom stereocenters. The van der Waals surface area contributed by atoms with Gasteiger partial charge in [-0.05, 0) is 13.0 Å². The molecule has 16 heavy (non-hydrogen) atoms. The van der Waals surface area contributed by atoms with Gasteiger partial charge in [-0.2, -0.15) is 4.98 Å². The number of nitrogens with zero attached hydrogens (tertiary/aromatic N) is 2. The van der Waals surface area contributed by atoms with Crippen molar-refractivity contribution in [3.05, 3.63) is 35.7 Å². The van der Waals surface area contributed by atoms with Crippen LogP contribution in [0.5, 0.6) is 5.88 Å². The van der Waals surface area contributed by atoms with E-state index >= 15 is 0 Å². The third-order valence-electron chi connectivity index (χ3n) is 2.06. The predicted molar refractivity (Wildman–Crippen MR) is 59.4 cm³/mol. The zero-order valence-corrected chi connectivity index (χ0v) is 9.23. The van der Waals surface area contributed by atoms with E-state index in [4.69, 9.17) is 9.26 Å². The van der Waals surface area contributed by atoms with Gasteiger partial charge in [-0.3, -0.25) is 0 Å². The molecule has 2 heterocycles. The molecule has 0 radical (unpaired) electrons. The lowest BCUT2D eigenvalue weighted by Crippen LogP contribution is -2.01. The van der Waals surface area contributed by atoms with E-state index in [2.05, 4.69) is 15.5 Å². The Morgan fingerprint density at radius 2 is 2.31 bits per heavy atom. The lowest BCUT2D eigenvalue weighted by Gasteiger charge is -2.04. The third kappa shape index (κ3) is 2.50. The van der Waals surface area contributed by atoms with Crippen LogP contribution in [0.3, 0.4) is 0 Å². The van der Waals surface area contributed by atoms with Crippen molar-refractivity contribution in [3.8, 4) is 5.88 Å². The maximum absolute atomic E-state index is 5.03. The fourth-order valence-electron chi connectivity index (χ4n) is 1.31. The molecular weight excluding hydrogens is 206 g/mol. The Bertz CT molecular complexity index is 468. The standard InChI is InChI=1S/C11H13N3O2/c1-8-6-9(14-16-8)7-12-10-4-3-5-11(13-10)15-2/h3-6H,7H2,1-2H3,(H,12,13). The fraction of sp³-hybridized carbons (Fsp3) is 0.273. The molecule has 84 valence electrons. The van der Waals surface area contributed by atoms with Crippen molar-refractivity contribution in [2.24, 2.45) is 0 Å². The Hall–Kier alpha value is -2.04. The molecule has 2 rings (SSSR count). The lowest BCUT2D eigenvalue weighted by molar-refractivity contribution is 0.391. The Labute approximate surface area is 93.4 Å². The summed E-state index contributed by atoms with van der Waals surface area (Å²) in [5.74, 6) is 2.14. The number of aromatic nitrogens is 2. The van der Waals surface area contributed by atoms with Crippen molar-refractivity contribution in [2.45, 2.75) is 13.5 Å². The van der Waals surface area contributed by atoms with Crippen LogP contribution >= 0.6 is 0 Å². The Kier molecular flexibility index (Phi) is 3.05. The van der Waals surface area contributed by atoms with Gasteiger partial charge in [0.25, 0.3) is 0 Å². The number of ether oxygens (including phenoxy) is 1. The molecule has 2 aromatic heterocycles. The molecule has 0 saturated carbocycles. The van der Waals surface area contributed by atoms with Crippen molar-refractivity contribution in [1.29, 1.82) is 0 Å². The molecule has 5 nitrogen and oxygen atoms in total. The molecule has 0 amide bonds. The molecule has 1 N–H and O–H groups in total. The molecule has 2 aromatic rings. The molecule has 0 aromatic carbocycles. The highest BCUT2D eigenvalue weighted by atomic mass is 16.5. The van der Waals surface area contributed by atoms with Crippen molar-refractivity contribution in [3.63, 3.8) is 0 Å². The van der Waals surface area contributed by atoms with E-state index in [1.165, 1.54) is 0 Å². The monoisotopic (exact) mass is 219 g/mol. The van der Waals surface area contributed by atoms with Crippen molar-refractivity contribution in [2.75, 3.05) is 12.4 Å². The summed E-state index contributed by atoms with van der Waals surface area (Å²) in [6, 6.07) is 7.43. The zero-order valence-electron chi connectivity index (χ0n) is 9.23. The molecular formula is C11H13N3O2. The normalized spacial score (nSPS) is 10.1. The highest BCUT2D eigenvalue weighted by Crippen LogP contribution is 2.11. The number of aryl methyl sites for hydroxylation is 1. The number of hydrogen-bond acceptors (Lipinski definition) is 5. The van der Waals surface area contributed by atoms with Crippen LogP contribution in [0.2, 0.25) is 0 Å². The van der Waals surface area contributed by atoms with Gasteiger partial charge in [-0.25, -0.2) is 0 Å². The number of rotatable bonds is 4. The van der Waals surface area contributed by atoms with Crippen LogP contribution in [0, 0.1) is 6.92 Å². The first-order chi connectivity index (χ1) is 7.78. The van der Waals surface area contributed by atoms with Crippen LogP contribution in [0.25, 0.3) is 0 Å². The molecule has 0 saturated heterocycles. The first-order valence-electron chi connectivity index (χ1n) is 4.95. The second kappa shape index (κ2) is 4.65. The minimum Gasteiger partial charge on any atom is -0.481 e. The quantitative estimate of drug-likeness (QED) is 0.852. The molecule has 0 aliphatic carbocycles. The summed E-state index contributed by atoms with van der Waals surface area (Å²) in [6.07, 6.45) is 0. The van der Waals surface area contributed by atoms with Crippen LogP contribution < -0.4 is 10.1 Å². The lowest BCUT2D eigenvalue weighted by atomic mass is 10.3. The van der Waals surface area contributed by atoms with Crippen molar-refractivity contribution >= 4 is 5.82 Å². The van der Waals surface area contributed by atoms with Gasteiger partial charge in [0, 0.05) is 12.1 Å². The molecule has 0 aliphatic heterocycles. The largest absolute Gasteiger partial charge is 0.481 e. The summed E-state index contributed by atoms with van der Waals surface area (Å²) < 4.78 is 9.99. The van der Waals surface area contributed by atoms with Gasteiger partial charge in [-0.15, -0.1) is 0 Å². The second-order valence-corrected chi connectivity index (χ2v) is 3.35. The van der Waals surface area contributed by atoms with Crippen molar-refractivity contribution in [1.82, 2.24) is 10.1 Å². The van der Waals surface area contributed by atoms with E-state index in [0.29, 0.717) is 12.4 Å².